The van der Waals surface area contributed by atoms with Crippen molar-refractivity contribution in [2.75, 3.05) is 0 Å². The van der Waals surface area contributed by atoms with Gasteiger partial charge in [0.05, 0.1) is 11.4 Å². The first-order valence-electron chi connectivity index (χ1n) is 12.1. The van der Waals surface area contributed by atoms with Crippen LogP contribution >= 0.6 is 0 Å². The Balaban J connectivity index is 1.33. The minimum absolute atomic E-state index is 0.645. The number of hydrogen-bond donors (Lipinski definition) is 1. The monoisotopic (exact) mass is 484 g/mol. The summed E-state index contributed by atoms with van der Waals surface area (Å²) in [7, 11) is 2.11. The van der Waals surface area contributed by atoms with Crippen LogP contribution in [0.15, 0.2) is 91.6 Å². The van der Waals surface area contributed by atoms with Gasteiger partial charge in [-0.2, -0.15) is 5.10 Å². The summed E-state index contributed by atoms with van der Waals surface area (Å²) in [5.41, 5.74) is 8.82. The molecule has 1 aromatic carbocycles. The molecule has 0 bridgehead atoms. The highest BCUT2D eigenvalue weighted by molar-refractivity contribution is 6.04. The molecular weight excluding hydrogens is 459 g/mol. The van der Waals surface area contributed by atoms with Gasteiger partial charge in [-0.15, -0.1) is 0 Å². The van der Waals surface area contributed by atoms with Crippen LogP contribution in [-0.2, 0) is 13.1 Å². The lowest BCUT2D eigenvalue weighted by atomic mass is 10.00. The molecule has 0 amide bonds. The molecule has 0 unspecified atom stereocenters. The highest BCUT2D eigenvalue weighted by Gasteiger charge is 2.18. The highest BCUT2D eigenvalue weighted by Crippen LogP contribution is 2.30. The molecule has 8 nitrogen and oxygen atoms in total. The van der Waals surface area contributed by atoms with Gasteiger partial charge in [-0.25, -0.2) is 14.5 Å². The van der Waals surface area contributed by atoms with Gasteiger partial charge in [0.2, 0.25) is 0 Å². The van der Waals surface area contributed by atoms with Crippen molar-refractivity contribution >= 4 is 13.6 Å². The van der Waals surface area contributed by atoms with E-state index in [0.717, 1.165) is 51.9 Å². The van der Waals surface area contributed by atoms with Crippen LogP contribution in [0.25, 0.3) is 39.4 Å². The van der Waals surface area contributed by atoms with Crippen molar-refractivity contribution in [1.29, 1.82) is 0 Å². The van der Waals surface area contributed by atoms with Gasteiger partial charge in [-0.1, -0.05) is 36.4 Å². The van der Waals surface area contributed by atoms with Gasteiger partial charge >= 0.3 is 0 Å². The molecule has 0 atom stereocenters. The summed E-state index contributed by atoms with van der Waals surface area (Å²) >= 11 is 0. The van der Waals surface area contributed by atoms with Crippen molar-refractivity contribution in [2.24, 2.45) is 0 Å². The molecule has 37 heavy (non-hydrogen) atoms. The Bertz CT molecular complexity index is 1670. The zero-order valence-corrected chi connectivity index (χ0v) is 20.7. The number of hydrogen-bond acceptors (Lipinski definition) is 6. The standard InChI is InChI=1S/C28H25BN8/c1-19-6-4-10-24(33-19)28-27(22-11-12-26-31-18-32-37(26)16-22)34-25(35-28)17-36(29)15-21-7-2-3-9-23(21)20-8-5-13-30-14-20/h2-14,16,18H,15,17,29H2,1H3,(H,34,35). The maximum absolute atomic E-state index is 5.01. The molecule has 180 valence electrons. The molecule has 0 aliphatic heterocycles. The van der Waals surface area contributed by atoms with E-state index in [0.29, 0.717) is 6.54 Å². The lowest BCUT2D eigenvalue weighted by Crippen LogP contribution is -2.20. The molecule has 0 spiro atoms. The van der Waals surface area contributed by atoms with Crippen LogP contribution < -0.4 is 0 Å². The molecule has 1 N–H and O–H groups in total. The third-order valence-corrected chi connectivity index (χ3v) is 6.30. The number of pyridine rings is 3. The fourth-order valence-electron chi connectivity index (χ4n) is 4.60. The number of nitrogens with one attached hydrogen (secondary N) is 1. The summed E-state index contributed by atoms with van der Waals surface area (Å²) in [4.78, 5) is 24.1. The Labute approximate surface area is 215 Å². The number of imidazole rings is 1. The Hall–Kier alpha value is -4.63. The summed E-state index contributed by atoms with van der Waals surface area (Å²) in [6.07, 6.45) is 7.23. The van der Waals surface area contributed by atoms with Crippen molar-refractivity contribution in [3.8, 4) is 33.8 Å². The first kappa shape index (κ1) is 22.8. The maximum atomic E-state index is 5.01. The quantitative estimate of drug-likeness (QED) is 0.344. The molecule has 0 aliphatic rings. The fraction of sp³-hybridized carbons (Fsp3) is 0.107. The van der Waals surface area contributed by atoms with Crippen molar-refractivity contribution in [1.82, 2.24) is 39.3 Å². The zero-order valence-electron chi connectivity index (χ0n) is 20.7. The second-order valence-electron chi connectivity index (χ2n) is 9.12. The third-order valence-electron chi connectivity index (χ3n) is 6.30. The second kappa shape index (κ2) is 9.79. The fourth-order valence-corrected chi connectivity index (χ4v) is 4.60. The molecule has 5 aromatic heterocycles. The van der Waals surface area contributed by atoms with Gasteiger partial charge in [0.15, 0.2) is 13.6 Å². The highest BCUT2D eigenvalue weighted by atomic mass is 15.3. The maximum Gasteiger partial charge on any atom is 0.186 e. The van der Waals surface area contributed by atoms with E-state index in [1.165, 1.54) is 11.1 Å². The average Bonchev–Trinajstić information content (AvgIpc) is 3.56. The van der Waals surface area contributed by atoms with E-state index in [1.807, 2.05) is 55.7 Å². The number of aromatic amines is 1. The topological polar surface area (TPSA) is 87.9 Å². The van der Waals surface area contributed by atoms with Crippen LogP contribution in [0.3, 0.4) is 0 Å². The Morgan fingerprint density at radius 1 is 0.919 bits per heavy atom. The minimum atomic E-state index is 0.645. The summed E-state index contributed by atoms with van der Waals surface area (Å²) < 4.78 is 1.77. The van der Waals surface area contributed by atoms with Crippen molar-refractivity contribution < 1.29 is 0 Å². The van der Waals surface area contributed by atoms with Gasteiger partial charge in [0.25, 0.3) is 0 Å². The summed E-state index contributed by atoms with van der Waals surface area (Å²) in [6.45, 7) is 3.40. The van der Waals surface area contributed by atoms with E-state index in [4.69, 9.17) is 9.97 Å². The molecule has 9 heteroatoms. The normalized spacial score (nSPS) is 11.4. The second-order valence-corrected chi connectivity index (χ2v) is 9.12. The molecule has 6 rings (SSSR count). The Morgan fingerprint density at radius 2 is 1.84 bits per heavy atom. The van der Waals surface area contributed by atoms with E-state index in [9.17, 15) is 0 Å². The van der Waals surface area contributed by atoms with E-state index < -0.39 is 0 Å². The molecular formula is C28H25BN8. The van der Waals surface area contributed by atoms with E-state index >= 15 is 0 Å². The van der Waals surface area contributed by atoms with Gasteiger partial charge in [-0.3, -0.25) is 9.97 Å². The molecule has 0 saturated heterocycles. The predicted molar refractivity (Wildman–Crippen MR) is 146 cm³/mol. The third kappa shape index (κ3) is 4.77. The largest absolute Gasteiger partial charge is 0.340 e. The number of aromatic nitrogens is 7. The zero-order chi connectivity index (χ0) is 25.2. The lowest BCUT2D eigenvalue weighted by molar-refractivity contribution is 0.433. The molecule has 0 saturated carbocycles. The predicted octanol–water partition coefficient (Wildman–Crippen LogP) is 4.10. The Morgan fingerprint density at radius 3 is 2.70 bits per heavy atom. The first-order valence-corrected chi connectivity index (χ1v) is 12.1. The van der Waals surface area contributed by atoms with E-state index in [1.54, 1.807) is 17.0 Å². The minimum Gasteiger partial charge on any atom is -0.340 e. The molecule has 0 aliphatic carbocycles. The van der Waals surface area contributed by atoms with Crippen LogP contribution in [-0.4, -0.2) is 47.3 Å². The average molecular weight is 484 g/mol. The van der Waals surface area contributed by atoms with E-state index in [2.05, 4.69) is 63.2 Å². The van der Waals surface area contributed by atoms with Gasteiger partial charge < -0.3 is 9.79 Å². The summed E-state index contributed by atoms with van der Waals surface area (Å²) in [6, 6.07) is 22.5. The Kier molecular flexibility index (Phi) is 6.04. The summed E-state index contributed by atoms with van der Waals surface area (Å²) in [5, 5.41) is 4.30. The number of aryl methyl sites for hydroxylation is 1. The smallest absolute Gasteiger partial charge is 0.186 e. The van der Waals surface area contributed by atoms with Crippen LogP contribution in [0.1, 0.15) is 17.1 Å². The molecule has 0 fully saturated rings. The number of benzene rings is 1. The van der Waals surface area contributed by atoms with E-state index in [-0.39, 0.29) is 0 Å². The van der Waals surface area contributed by atoms with Gasteiger partial charge in [0, 0.05) is 48.5 Å². The van der Waals surface area contributed by atoms with Crippen LogP contribution in [0.2, 0.25) is 0 Å². The van der Waals surface area contributed by atoms with Crippen molar-refractivity contribution in [3.63, 3.8) is 0 Å². The number of H-pyrrole nitrogens is 1. The SMILES string of the molecule is BN(Cc1nc(-c2cccc(C)n2)c(-c2ccc3ncnn3c2)[nH]1)Cc1ccccc1-c1cccnc1. The van der Waals surface area contributed by atoms with Gasteiger partial charge in [-0.05, 0) is 48.4 Å². The van der Waals surface area contributed by atoms with Crippen LogP contribution in [0.5, 0.6) is 0 Å². The number of rotatable bonds is 7. The molecule has 6 aromatic rings. The van der Waals surface area contributed by atoms with Crippen LogP contribution in [0.4, 0.5) is 0 Å². The first-order chi connectivity index (χ1) is 18.1. The van der Waals surface area contributed by atoms with Crippen molar-refractivity contribution in [3.05, 3.63) is 109 Å². The van der Waals surface area contributed by atoms with Crippen LogP contribution in [0, 0.1) is 6.92 Å². The van der Waals surface area contributed by atoms with Crippen molar-refractivity contribution in [2.45, 2.75) is 20.0 Å². The van der Waals surface area contributed by atoms with Gasteiger partial charge in [0.1, 0.15) is 17.8 Å². The summed E-state index contributed by atoms with van der Waals surface area (Å²) in [5.74, 6) is 0.869. The number of nitrogens with zero attached hydrogens (tertiary/aromatic N) is 7. The lowest BCUT2D eigenvalue weighted by Gasteiger charge is -2.18. The molecule has 0 radical (unpaired) electrons. The number of fused-ring (bicyclic) bond motifs is 1. The molecule has 5 heterocycles.